The van der Waals surface area contributed by atoms with E-state index in [0.29, 0.717) is 11.5 Å². The van der Waals surface area contributed by atoms with Crippen molar-refractivity contribution in [1.82, 2.24) is 5.32 Å². The van der Waals surface area contributed by atoms with Crippen LogP contribution in [0, 0.1) is 5.41 Å². The summed E-state index contributed by atoms with van der Waals surface area (Å²) >= 11 is 6.39. The van der Waals surface area contributed by atoms with Crippen LogP contribution >= 0.6 is 11.6 Å². The molecule has 0 radical (unpaired) electrons. The van der Waals surface area contributed by atoms with Crippen LogP contribution in [0.1, 0.15) is 72.1 Å². The number of halogens is 1. The topological polar surface area (TPSA) is 21.3 Å². The number of rotatable bonds is 5. The molecule has 0 aromatic rings. The highest BCUT2D eigenvalue weighted by Gasteiger charge is 2.40. The van der Waals surface area contributed by atoms with Gasteiger partial charge in [-0.25, -0.2) is 0 Å². The molecule has 3 heteroatoms. The minimum absolute atomic E-state index is 0.222. The third kappa shape index (κ3) is 5.20. The molecule has 2 nitrogen and oxygen atoms in total. The zero-order chi connectivity index (χ0) is 14.6. The van der Waals surface area contributed by atoms with Gasteiger partial charge in [-0.2, -0.15) is 0 Å². The van der Waals surface area contributed by atoms with Gasteiger partial charge in [-0.15, -0.1) is 11.6 Å². The van der Waals surface area contributed by atoms with Gasteiger partial charge >= 0.3 is 0 Å². The van der Waals surface area contributed by atoms with E-state index in [-0.39, 0.29) is 11.0 Å². The Morgan fingerprint density at radius 1 is 1.20 bits per heavy atom. The minimum atomic E-state index is 0.222. The second-order valence-corrected chi connectivity index (χ2v) is 8.66. The molecule has 2 unspecified atom stereocenters. The smallest absolute Gasteiger partial charge is 0.0708 e. The maximum absolute atomic E-state index is 6.39. The molecule has 2 atom stereocenters. The Morgan fingerprint density at radius 3 is 2.55 bits per heavy atom. The van der Waals surface area contributed by atoms with Gasteiger partial charge < -0.3 is 10.1 Å². The van der Waals surface area contributed by atoms with Crippen molar-refractivity contribution in [2.45, 2.75) is 89.2 Å². The molecule has 1 spiro atoms. The predicted molar refractivity (Wildman–Crippen MR) is 86.5 cm³/mol. The molecule has 1 aliphatic carbocycles. The van der Waals surface area contributed by atoms with E-state index in [1.54, 1.807) is 0 Å². The van der Waals surface area contributed by atoms with Gasteiger partial charge in [-0.1, -0.05) is 40.0 Å². The first-order chi connectivity index (χ1) is 9.39. The second kappa shape index (κ2) is 6.98. The fourth-order valence-electron chi connectivity index (χ4n) is 3.74. The Labute approximate surface area is 130 Å². The molecule has 1 saturated carbocycles. The van der Waals surface area contributed by atoms with E-state index in [2.05, 4.69) is 26.1 Å². The first kappa shape index (κ1) is 16.6. The van der Waals surface area contributed by atoms with E-state index in [0.717, 1.165) is 19.5 Å². The normalized spacial score (nSPS) is 27.9. The SMILES string of the molecule is CC(C)(C)CC(Cl)CNCC1CCC2(CCCCC2)O1. The lowest BCUT2D eigenvalue weighted by molar-refractivity contribution is -0.0623. The third-order valence-corrected chi connectivity index (χ3v) is 4.98. The largest absolute Gasteiger partial charge is 0.370 e. The average molecular weight is 302 g/mol. The molecule has 1 saturated heterocycles. The van der Waals surface area contributed by atoms with Crippen LogP contribution in [-0.4, -0.2) is 30.2 Å². The molecule has 0 amide bonds. The Hall–Kier alpha value is 0.210. The quantitative estimate of drug-likeness (QED) is 0.755. The standard InChI is InChI=1S/C17H32ClNO/c1-16(2,3)11-14(18)12-19-13-15-7-10-17(20-15)8-5-4-6-9-17/h14-15,19H,4-13H2,1-3H3. The van der Waals surface area contributed by atoms with E-state index >= 15 is 0 Å². The monoisotopic (exact) mass is 301 g/mol. The molecule has 2 fully saturated rings. The number of ether oxygens (including phenoxy) is 1. The first-order valence-electron chi connectivity index (χ1n) is 8.41. The lowest BCUT2D eigenvalue weighted by atomic mass is 9.83. The van der Waals surface area contributed by atoms with Crippen molar-refractivity contribution in [2.75, 3.05) is 13.1 Å². The summed E-state index contributed by atoms with van der Waals surface area (Å²) in [6, 6.07) is 0. The summed E-state index contributed by atoms with van der Waals surface area (Å²) < 4.78 is 6.37. The van der Waals surface area contributed by atoms with Gasteiger partial charge in [0.1, 0.15) is 0 Å². The summed E-state index contributed by atoms with van der Waals surface area (Å²) in [7, 11) is 0. The van der Waals surface area contributed by atoms with Crippen molar-refractivity contribution in [3.63, 3.8) is 0 Å². The van der Waals surface area contributed by atoms with Crippen LogP contribution in [0.4, 0.5) is 0 Å². The Bertz CT molecular complexity index is 294. The predicted octanol–water partition coefficient (Wildman–Crippen LogP) is 4.50. The molecule has 118 valence electrons. The Morgan fingerprint density at radius 2 is 1.90 bits per heavy atom. The van der Waals surface area contributed by atoms with E-state index in [4.69, 9.17) is 16.3 Å². The van der Waals surface area contributed by atoms with Crippen molar-refractivity contribution >= 4 is 11.6 Å². The highest BCUT2D eigenvalue weighted by Crippen LogP contribution is 2.41. The van der Waals surface area contributed by atoms with Gasteiger partial charge in [-0.3, -0.25) is 0 Å². The number of hydrogen-bond acceptors (Lipinski definition) is 2. The lowest BCUT2D eigenvalue weighted by Crippen LogP contribution is -2.36. The molecular weight excluding hydrogens is 270 g/mol. The summed E-state index contributed by atoms with van der Waals surface area (Å²) in [4.78, 5) is 0. The van der Waals surface area contributed by atoms with Gasteiger partial charge in [0.2, 0.25) is 0 Å². The van der Waals surface area contributed by atoms with Crippen LogP contribution in [0.5, 0.6) is 0 Å². The number of nitrogens with one attached hydrogen (secondary N) is 1. The van der Waals surface area contributed by atoms with Crippen LogP contribution in [0.3, 0.4) is 0 Å². The zero-order valence-electron chi connectivity index (χ0n) is 13.5. The molecule has 2 aliphatic rings. The van der Waals surface area contributed by atoms with E-state index < -0.39 is 0 Å². The lowest BCUT2D eigenvalue weighted by Gasteiger charge is -2.33. The van der Waals surface area contributed by atoms with E-state index in [9.17, 15) is 0 Å². The van der Waals surface area contributed by atoms with Crippen LogP contribution < -0.4 is 5.32 Å². The number of hydrogen-bond donors (Lipinski definition) is 1. The first-order valence-corrected chi connectivity index (χ1v) is 8.85. The molecule has 20 heavy (non-hydrogen) atoms. The van der Waals surface area contributed by atoms with Gasteiger partial charge in [0.25, 0.3) is 0 Å². The van der Waals surface area contributed by atoms with E-state index in [1.165, 1.54) is 44.9 Å². The van der Waals surface area contributed by atoms with Gasteiger partial charge in [0.15, 0.2) is 0 Å². The van der Waals surface area contributed by atoms with Crippen LogP contribution in [0.15, 0.2) is 0 Å². The highest BCUT2D eigenvalue weighted by atomic mass is 35.5. The fraction of sp³-hybridized carbons (Fsp3) is 1.00. The van der Waals surface area contributed by atoms with Crippen LogP contribution in [0.2, 0.25) is 0 Å². The average Bonchev–Trinajstić information content (AvgIpc) is 2.71. The molecule has 1 N–H and O–H groups in total. The summed E-state index contributed by atoms with van der Waals surface area (Å²) in [5, 5.41) is 3.74. The summed E-state index contributed by atoms with van der Waals surface area (Å²) in [5.74, 6) is 0. The van der Waals surface area contributed by atoms with Crippen molar-refractivity contribution in [1.29, 1.82) is 0 Å². The molecule has 1 heterocycles. The van der Waals surface area contributed by atoms with Gasteiger partial charge in [0, 0.05) is 18.5 Å². The Kier molecular flexibility index (Phi) is 5.79. The fourth-order valence-corrected chi connectivity index (χ4v) is 4.31. The van der Waals surface area contributed by atoms with Crippen LogP contribution in [0.25, 0.3) is 0 Å². The van der Waals surface area contributed by atoms with Crippen molar-refractivity contribution in [3.8, 4) is 0 Å². The molecule has 2 rings (SSSR count). The summed E-state index contributed by atoms with van der Waals surface area (Å²) in [5.41, 5.74) is 0.556. The molecule has 0 aromatic heterocycles. The zero-order valence-corrected chi connectivity index (χ0v) is 14.3. The van der Waals surface area contributed by atoms with Gasteiger partial charge in [-0.05, 0) is 37.5 Å². The van der Waals surface area contributed by atoms with Crippen molar-refractivity contribution in [3.05, 3.63) is 0 Å². The minimum Gasteiger partial charge on any atom is -0.370 e. The molecule has 1 aliphatic heterocycles. The van der Waals surface area contributed by atoms with Gasteiger partial charge in [0.05, 0.1) is 11.7 Å². The maximum Gasteiger partial charge on any atom is 0.0708 e. The number of alkyl halides is 1. The second-order valence-electron chi connectivity index (χ2n) is 8.04. The van der Waals surface area contributed by atoms with Crippen molar-refractivity contribution in [2.24, 2.45) is 5.41 Å². The maximum atomic E-state index is 6.39. The third-order valence-electron chi connectivity index (χ3n) is 4.68. The van der Waals surface area contributed by atoms with E-state index in [1.807, 2.05) is 0 Å². The molecule has 0 bridgehead atoms. The summed E-state index contributed by atoms with van der Waals surface area (Å²) in [6.07, 6.45) is 10.6. The molecular formula is C17H32ClNO. The van der Waals surface area contributed by atoms with Crippen LogP contribution in [-0.2, 0) is 4.74 Å². The molecule has 0 aromatic carbocycles. The Balaban J connectivity index is 1.63. The highest BCUT2D eigenvalue weighted by molar-refractivity contribution is 6.20. The van der Waals surface area contributed by atoms with Crippen molar-refractivity contribution < 1.29 is 4.74 Å². The summed E-state index contributed by atoms with van der Waals surface area (Å²) in [6.45, 7) is 8.60.